The van der Waals surface area contributed by atoms with Crippen molar-refractivity contribution in [2.24, 2.45) is 0 Å². The van der Waals surface area contributed by atoms with Crippen LogP contribution in [0.4, 0.5) is 4.79 Å². The van der Waals surface area contributed by atoms with Gasteiger partial charge in [0.15, 0.2) is 6.33 Å². The lowest BCUT2D eigenvalue weighted by Crippen LogP contribution is -2.44. The Morgan fingerprint density at radius 2 is 2.42 bits per heavy atom. The second-order valence-electron chi connectivity index (χ2n) is 4.40. The molecule has 1 aromatic rings. The Bertz CT molecular complexity index is 434. The van der Waals surface area contributed by atoms with Gasteiger partial charge in [-0.05, 0) is 12.8 Å². The van der Waals surface area contributed by atoms with Gasteiger partial charge in [-0.15, -0.1) is 0 Å². The predicted octanol–water partition coefficient (Wildman–Crippen LogP) is 0.261. The number of nitrogens with one attached hydrogen (secondary N) is 1. The number of nitrogens with zero attached hydrogens (tertiary/aromatic N) is 3. The van der Waals surface area contributed by atoms with Crippen molar-refractivity contribution >= 4 is 12.0 Å². The van der Waals surface area contributed by atoms with Gasteiger partial charge in [-0.25, -0.2) is 4.79 Å². The average Bonchev–Trinajstić information content (AvgIpc) is 2.99. The maximum atomic E-state index is 11.9. The Morgan fingerprint density at radius 3 is 3.11 bits per heavy atom. The van der Waals surface area contributed by atoms with Crippen LogP contribution in [0, 0.1) is 0 Å². The number of carboxylic acids is 1. The molecule has 1 aliphatic rings. The minimum atomic E-state index is -0.879. The summed E-state index contributed by atoms with van der Waals surface area (Å²) < 4.78 is 4.81. The van der Waals surface area contributed by atoms with Crippen LogP contribution >= 0.6 is 0 Å². The third-order valence-electron chi connectivity index (χ3n) is 3.07. The van der Waals surface area contributed by atoms with Crippen LogP contribution in [0.2, 0.25) is 0 Å². The molecule has 1 fully saturated rings. The van der Waals surface area contributed by atoms with E-state index >= 15 is 0 Å². The maximum Gasteiger partial charge on any atom is 0.317 e. The molecule has 1 saturated heterocycles. The number of carboxylic acid groups (broad SMARTS) is 1. The van der Waals surface area contributed by atoms with Crippen LogP contribution in [0.15, 0.2) is 10.9 Å². The van der Waals surface area contributed by atoms with Crippen LogP contribution in [-0.2, 0) is 11.2 Å². The number of carbonyl (C=O) groups is 2. The lowest BCUT2D eigenvalue weighted by molar-refractivity contribution is -0.137. The van der Waals surface area contributed by atoms with E-state index in [1.807, 2.05) is 0 Å². The van der Waals surface area contributed by atoms with Crippen LogP contribution in [-0.4, -0.2) is 51.3 Å². The van der Waals surface area contributed by atoms with Gasteiger partial charge in [0, 0.05) is 25.6 Å². The van der Waals surface area contributed by atoms with E-state index in [2.05, 4.69) is 15.5 Å². The first kappa shape index (κ1) is 13.3. The Kier molecular flexibility index (Phi) is 4.32. The molecular weight excluding hydrogens is 252 g/mol. The van der Waals surface area contributed by atoms with E-state index in [0.717, 1.165) is 12.8 Å². The van der Waals surface area contributed by atoms with Crippen molar-refractivity contribution in [3.05, 3.63) is 12.2 Å². The molecule has 1 atom stereocenters. The van der Waals surface area contributed by atoms with Gasteiger partial charge in [-0.3, -0.25) is 4.79 Å². The van der Waals surface area contributed by atoms with Gasteiger partial charge in [-0.1, -0.05) is 5.16 Å². The zero-order valence-electron chi connectivity index (χ0n) is 10.4. The summed E-state index contributed by atoms with van der Waals surface area (Å²) in [5.41, 5.74) is 0. The van der Waals surface area contributed by atoms with Crippen LogP contribution in [0.25, 0.3) is 0 Å². The van der Waals surface area contributed by atoms with E-state index in [-0.39, 0.29) is 18.5 Å². The first-order chi connectivity index (χ1) is 9.16. The SMILES string of the molecule is O=C(O)CC1CCCN1C(=O)NCCc1ncno1. The molecule has 0 bridgehead atoms. The summed E-state index contributed by atoms with van der Waals surface area (Å²) >= 11 is 0. The molecule has 2 amide bonds. The third kappa shape index (κ3) is 3.67. The monoisotopic (exact) mass is 268 g/mol. The largest absolute Gasteiger partial charge is 0.481 e. The van der Waals surface area contributed by atoms with E-state index < -0.39 is 5.97 Å². The quantitative estimate of drug-likeness (QED) is 0.793. The fourth-order valence-corrected chi connectivity index (χ4v) is 2.20. The van der Waals surface area contributed by atoms with E-state index in [9.17, 15) is 9.59 Å². The van der Waals surface area contributed by atoms with Gasteiger partial charge in [0.05, 0.1) is 6.42 Å². The van der Waals surface area contributed by atoms with E-state index in [1.165, 1.54) is 6.33 Å². The molecule has 2 N–H and O–H groups in total. The minimum Gasteiger partial charge on any atom is -0.481 e. The second-order valence-corrected chi connectivity index (χ2v) is 4.40. The molecule has 0 aliphatic carbocycles. The molecule has 19 heavy (non-hydrogen) atoms. The predicted molar refractivity (Wildman–Crippen MR) is 63.4 cm³/mol. The highest BCUT2D eigenvalue weighted by Crippen LogP contribution is 2.19. The summed E-state index contributed by atoms with van der Waals surface area (Å²) in [6.07, 6.45) is 3.35. The fraction of sp³-hybridized carbons (Fsp3) is 0.636. The first-order valence-corrected chi connectivity index (χ1v) is 6.18. The van der Waals surface area contributed by atoms with Crippen LogP contribution < -0.4 is 5.32 Å². The first-order valence-electron chi connectivity index (χ1n) is 6.18. The van der Waals surface area contributed by atoms with Gasteiger partial charge in [0.2, 0.25) is 5.89 Å². The third-order valence-corrected chi connectivity index (χ3v) is 3.07. The summed E-state index contributed by atoms with van der Waals surface area (Å²) in [7, 11) is 0. The molecule has 8 nitrogen and oxygen atoms in total. The zero-order valence-corrected chi connectivity index (χ0v) is 10.4. The van der Waals surface area contributed by atoms with E-state index in [1.54, 1.807) is 4.90 Å². The summed E-state index contributed by atoms with van der Waals surface area (Å²) in [5, 5.41) is 15.0. The topological polar surface area (TPSA) is 109 Å². The highest BCUT2D eigenvalue weighted by molar-refractivity contribution is 5.76. The highest BCUT2D eigenvalue weighted by atomic mass is 16.5. The van der Waals surface area contributed by atoms with Crippen molar-refractivity contribution in [1.29, 1.82) is 0 Å². The highest BCUT2D eigenvalue weighted by Gasteiger charge is 2.30. The molecular formula is C11H16N4O4. The Morgan fingerprint density at radius 1 is 1.58 bits per heavy atom. The molecule has 8 heteroatoms. The summed E-state index contributed by atoms with van der Waals surface area (Å²) in [6.45, 7) is 0.988. The maximum absolute atomic E-state index is 11.9. The van der Waals surface area contributed by atoms with Crippen molar-refractivity contribution < 1.29 is 19.2 Å². The lowest BCUT2D eigenvalue weighted by Gasteiger charge is -2.23. The Hall–Kier alpha value is -2.12. The second kappa shape index (κ2) is 6.17. The minimum absolute atomic E-state index is 0.00290. The number of urea groups is 1. The molecule has 2 rings (SSSR count). The summed E-state index contributed by atoms with van der Waals surface area (Å²) in [6, 6.07) is -0.441. The fourth-order valence-electron chi connectivity index (χ4n) is 2.20. The molecule has 1 aliphatic heterocycles. The number of hydrogen-bond donors (Lipinski definition) is 2. The smallest absolute Gasteiger partial charge is 0.317 e. The normalized spacial score (nSPS) is 18.5. The number of likely N-dealkylation sites (tertiary alicyclic amines) is 1. The van der Waals surface area contributed by atoms with E-state index in [0.29, 0.717) is 25.4 Å². The van der Waals surface area contributed by atoms with Gasteiger partial charge in [-0.2, -0.15) is 4.98 Å². The molecule has 104 valence electrons. The molecule has 0 saturated carbocycles. The lowest BCUT2D eigenvalue weighted by atomic mass is 10.1. The van der Waals surface area contributed by atoms with Gasteiger partial charge >= 0.3 is 12.0 Å². The molecule has 0 radical (unpaired) electrons. The van der Waals surface area contributed by atoms with Crippen molar-refractivity contribution in [2.75, 3.05) is 13.1 Å². The standard InChI is InChI=1S/C11H16N4O4/c16-10(17)6-8-2-1-5-15(8)11(18)12-4-3-9-13-7-14-19-9/h7-8H,1-6H2,(H,12,18)(H,16,17). The number of rotatable bonds is 5. The summed E-state index contributed by atoms with van der Waals surface area (Å²) in [5.74, 6) is -0.417. The molecule has 0 aromatic carbocycles. The van der Waals surface area contributed by atoms with Gasteiger partial charge in [0.1, 0.15) is 0 Å². The number of aromatic nitrogens is 2. The number of carbonyl (C=O) groups excluding carboxylic acids is 1. The van der Waals surface area contributed by atoms with E-state index in [4.69, 9.17) is 9.63 Å². The molecule has 1 unspecified atom stereocenters. The number of hydrogen-bond acceptors (Lipinski definition) is 5. The molecule has 0 spiro atoms. The van der Waals surface area contributed by atoms with Crippen molar-refractivity contribution in [2.45, 2.75) is 31.7 Å². The Balaban J connectivity index is 1.77. The van der Waals surface area contributed by atoms with Gasteiger partial charge in [0.25, 0.3) is 0 Å². The van der Waals surface area contributed by atoms with Crippen LogP contribution in [0.1, 0.15) is 25.2 Å². The van der Waals surface area contributed by atoms with Crippen molar-refractivity contribution in [3.63, 3.8) is 0 Å². The average molecular weight is 268 g/mol. The molecule has 2 heterocycles. The Labute approximate surface area is 109 Å². The number of amides is 2. The van der Waals surface area contributed by atoms with Crippen molar-refractivity contribution in [3.8, 4) is 0 Å². The molecule has 1 aromatic heterocycles. The van der Waals surface area contributed by atoms with Crippen LogP contribution in [0.5, 0.6) is 0 Å². The van der Waals surface area contributed by atoms with Crippen molar-refractivity contribution in [1.82, 2.24) is 20.4 Å². The van der Waals surface area contributed by atoms with Gasteiger partial charge < -0.3 is 19.8 Å². The van der Waals surface area contributed by atoms with Crippen LogP contribution in [0.3, 0.4) is 0 Å². The zero-order chi connectivity index (χ0) is 13.7. The summed E-state index contributed by atoms with van der Waals surface area (Å²) in [4.78, 5) is 28.1. The number of aliphatic carboxylic acids is 1.